The van der Waals surface area contributed by atoms with Crippen molar-refractivity contribution in [2.75, 3.05) is 23.9 Å². The van der Waals surface area contributed by atoms with Gasteiger partial charge in [0.05, 0.1) is 16.0 Å². The molecule has 0 atom stereocenters. The van der Waals surface area contributed by atoms with Crippen molar-refractivity contribution in [1.82, 2.24) is 0 Å². The van der Waals surface area contributed by atoms with Gasteiger partial charge in [-0.1, -0.05) is 6.07 Å². The Balaban J connectivity index is 1.88. The molecule has 0 radical (unpaired) electrons. The largest absolute Gasteiger partial charge is 0.490 e. The van der Waals surface area contributed by atoms with Gasteiger partial charge < -0.3 is 15.0 Å². The van der Waals surface area contributed by atoms with Crippen molar-refractivity contribution >= 4 is 28.9 Å². The second-order valence-corrected chi connectivity index (χ2v) is 7.43. The van der Waals surface area contributed by atoms with E-state index in [1.165, 1.54) is 23.1 Å². The Bertz CT molecular complexity index is 984. The molecule has 146 valence electrons. The number of anilines is 2. The molecule has 3 rings (SSSR count). The molecule has 0 unspecified atom stereocenters. The number of rotatable bonds is 3. The molecule has 8 nitrogen and oxygen atoms in total. The van der Waals surface area contributed by atoms with Crippen LogP contribution in [0.4, 0.5) is 17.1 Å². The first-order valence-corrected chi connectivity index (χ1v) is 8.71. The van der Waals surface area contributed by atoms with E-state index in [2.05, 4.69) is 5.32 Å². The normalized spacial score (nSPS) is 15.3. The Kier molecular flexibility index (Phi) is 4.80. The second kappa shape index (κ2) is 6.95. The minimum Gasteiger partial charge on any atom is -0.490 e. The molecule has 2 aromatic rings. The van der Waals surface area contributed by atoms with Crippen LogP contribution in [0.5, 0.6) is 5.75 Å². The van der Waals surface area contributed by atoms with Gasteiger partial charge in [0.15, 0.2) is 0 Å². The highest BCUT2D eigenvalue weighted by Crippen LogP contribution is 2.37. The molecule has 0 saturated carbocycles. The molecule has 1 aliphatic rings. The summed E-state index contributed by atoms with van der Waals surface area (Å²) in [4.78, 5) is 37.2. The zero-order valence-corrected chi connectivity index (χ0v) is 16.1. The fourth-order valence-electron chi connectivity index (χ4n) is 3.01. The van der Waals surface area contributed by atoms with Crippen LogP contribution < -0.4 is 15.0 Å². The number of ether oxygens (including phenoxy) is 1. The van der Waals surface area contributed by atoms with Crippen molar-refractivity contribution in [3.05, 3.63) is 57.6 Å². The summed E-state index contributed by atoms with van der Waals surface area (Å²) in [6, 6.07) is 9.31. The predicted molar refractivity (Wildman–Crippen MR) is 105 cm³/mol. The first-order chi connectivity index (χ1) is 13.1. The maximum absolute atomic E-state index is 12.6. The summed E-state index contributed by atoms with van der Waals surface area (Å²) in [6.07, 6.45) is 0. The van der Waals surface area contributed by atoms with Gasteiger partial charge in [0.2, 0.25) is 5.91 Å². The third-order valence-electron chi connectivity index (χ3n) is 4.72. The highest BCUT2D eigenvalue weighted by molar-refractivity contribution is 6.06. The summed E-state index contributed by atoms with van der Waals surface area (Å²) >= 11 is 0. The number of nitro benzene ring substituents is 1. The van der Waals surface area contributed by atoms with E-state index in [-0.39, 0.29) is 23.8 Å². The number of aryl methyl sites for hydroxylation is 1. The van der Waals surface area contributed by atoms with Gasteiger partial charge >= 0.3 is 0 Å². The Morgan fingerprint density at radius 1 is 1.25 bits per heavy atom. The average Bonchev–Trinajstić information content (AvgIpc) is 2.72. The van der Waals surface area contributed by atoms with E-state index in [9.17, 15) is 19.7 Å². The molecule has 0 saturated heterocycles. The fourth-order valence-corrected chi connectivity index (χ4v) is 3.01. The lowest BCUT2D eigenvalue weighted by Crippen LogP contribution is -2.39. The van der Waals surface area contributed by atoms with Crippen LogP contribution in [0.2, 0.25) is 0 Å². The van der Waals surface area contributed by atoms with E-state index < -0.39 is 16.2 Å². The third kappa shape index (κ3) is 3.53. The number of carbonyl (C=O) groups is 2. The maximum atomic E-state index is 12.6. The van der Waals surface area contributed by atoms with E-state index in [1.54, 1.807) is 32.2 Å². The van der Waals surface area contributed by atoms with Crippen molar-refractivity contribution in [3.8, 4) is 5.75 Å². The Morgan fingerprint density at radius 2 is 1.96 bits per heavy atom. The van der Waals surface area contributed by atoms with E-state index in [1.807, 2.05) is 13.8 Å². The number of fused-ring (bicyclic) bond motifs is 1. The van der Waals surface area contributed by atoms with Crippen molar-refractivity contribution in [1.29, 1.82) is 0 Å². The van der Waals surface area contributed by atoms with Crippen LogP contribution in [0.15, 0.2) is 36.4 Å². The first-order valence-electron chi connectivity index (χ1n) is 8.71. The Hall–Kier alpha value is -3.42. The molecular weight excluding hydrogens is 362 g/mol. The molecule has 1 N–H and O–H groups in total. The monoisotopic (exact) mass is 383 g/mol. The number of nitro groups is 1. The lowest BCUT2D eigenvalue weighted by atomic mass is 9.93. The molecule has 28 heavy (non-hydrogen) atoms. The summed E-state index contributed by atoms with van der Waals surface area (Å²) in [5.41, 5.74) is 0.868. The first kappa shape index (κ1) is 19.3. The summed E-state index contributed by atoms with van der Waals surface area (Å²) in [7, 11) is 1.66. The van der Waals surface area contributed by atoms with Crippen LogP contribution in [0.25, 0.3) is 0 Å². The molecule has 0 aliphatic carbocycles. The van der Waals surface area contributed by atoms with Gasteiger partial charge in [0.25, 0.3) is 11.6 Å². The molecule has 8 heteroatoms. The molecular formula is C20H21N3O5. The summed E-state index contributed by atoms with van der Waals surface area (Å²) in [5, 5.41) is 13.8. The molecule has 0 aromatic heterocycles. The van der Waals surface area contributed by atoms with E-state index in [0.29, 0.717) is 22.7 Å². The third-order valence-corrected chi connectivity index (χ3v) is 4.72. The van der Waals surface area contributed by atoms with Gasteiger partial charge in [-0.15, -0.1) is 0 Å². The molecule has 0 fully saturated rings. The van der Waals surface area contributed by atoms with Gasteiger partial charge in [-0.3, -0.25) is 19.7 Å². The highest BCUT2D eigenvalue weighted by atomic mass is 16.6. The van der Waals surface area contributed by atoms with Gasteiger partial charge in [-0.05, 0) is 45.0 Å². The summed E-state index contributed by atoms with van der Waals surface area (Å²) in [6.45, 7) is 5.48. The maximum Gasteiger partial charge on any atom is 0.273 e. The Morgan fingerprint density at radius 3 is 2.64 bits per heavy atom. The van der Waals surface area contributed by atoms with Gasteiger partial charge in [-0.2, -0.15) is 0 Å². The zero-order valence-electron chi connectivity index (χ0n) is 16.1. The standard InChI is InChI=1S/C20H21N3O5/c1-12-5-6-13(9-15(12)23(26)27)18(24)21-14-7-8-17-16(10-14)22(4)19(25)20(2,3)11-28-17/h5-10H,11H2,1-4H3,(H,21,24). The molecule has 0 bridgehead atoms. The smallest absolute Gasteiger partial charge is 0.273 e. The number of nitrogens with zero attached hydrogens (tertiary/aromatic N) is 2. The lowest BCUT2D eigenvalue weighted by molar-refractivity contribution is -0.385. The molecule has 0 spiro atoms. The van der Waals surface area contributed by atoms with Crippen molar-refractivity contribution in [2.45, 2.75) is 20.8 Å². The van der Waals surface area contributed by atoms with Crippen molar-refractivity contribution in [2.24, 2.45) is 5.41 Å². The van der Waals surface area contributed by atoms with E-state index >= 15 is 0 Å². The zero-order chi connectivity index (χ0) is 20.6. The number of hydrogen-bond acceptors (Lipinski definition) is 5. The second-order valence-electron chi connectivity index (χ2n) is 7.43. The van der Waals surface area contributed by atoms with Crippen LogP contribution in [0.1, 0.15) is 29.8 Å². The summed E-state index contributed by atoms with van der Waals surface area (Å²) in [5.74, 6) is -0.0267. The number of benzene rings is 2. The molecule has 2 aromatic carbocycles. The Labute approximate surface area is 162 Å². The van der Waals surface area contributed by atoms with Crippen molar-refractivity contribution < 1.29 is 19.2 Å². The molecule has 2 amide bonds. The fraction of sp³-hybridized carbons (Fsp3) is 0.300. The van der Waals surface area contributed by atoms with Crippen molar-refractivity contribution in [3.63, 3.8) is 0 Å². The number of carbonyl (C=O) groups excluding carboxylic acids is 2. The quantitative estimate of drug-likeness (QED) is 0.645. The SMILES string of the molecule is Cc1ccc(C(=O)Nc2ccc3c(c2)N(C)C(=O)C(C)(C)CO3)cc1[N+](=O)[O-]. The van der Waals surface area contributed by atoms with Gasteiger partial charge in [0, 0.05) is 29.9 Å². The molecule has 1 heterocycles. The van der Waals surface area contributed by atoms with Crippen LogP contribution in [-0.4, -0.2) is 30.4 Å². The highest BCUT2D eigenvalue weighted by Gasteiger charge is 2.36. The minimum absolute atomic E-state index is 0.0936. The topological polar surface area (TPSA) is 102 Å². The minimum atomic E-state index is -0.669. The number of amides is 2. The van der Waals surface area contributed by atoms with Crippen LogP contribution in [0, 0.1) is 22.5 Å². The van der Waals surface area contributed by atoms with Crippen LogP contribution in [0.3, 0.4) is 0 Å². The summed E-state index contributed by atoms with van der Waals surface area (Å²) < 4.78 is 5.75. The molecule has 1 aliphatic heterocycles. The van der Waals surface area contributed by atoms with Gasteiger partial charge in [-0.25, -0.2) is 0 Å². The number of hydrogen-bond donors (Lipinski definition) is 1. The lowest BCUT2D eigenvalue weighted by Gasteiger charge is -2.24. The van der Waals surface area contributed by atoms with Gasteiger partial charge in [0.1, 0.15) is 12.4 Å². The van der Waals surface area contributed by atoms with Crippen LogP contribution >= 0.6 is 0 Å². The van der Waals surface area contributed by atoms with E-state index in [4.69, 9.17) is 4.74 Å². The van der Waals surface area contributed by atoms with E-state index in [0.717, 1.165) is 0 Å². The van der Waals surface area contributed by atoms with Crippen LogP contribution in [-0.2, 0) is 4.79 Å². The average molecular weight is 383 g/mol. The number of nitrogens with one attached hydrogen (secondary N) is 1. The predicted octanol–water partition coefficient (Wildman–Crippen LogP) is 3.54.